The molecule has 134 valence electrons. The van der Waals surface area contributed by atoms with E-state index < -0.39 is 27.9 Å². The summed E-state index contributed by atoms with van der Waals surface area (Å²) in [7, 11) is -3.78. The van der Waals surface area contributed by atoms with Crippen molar-refractivity contribution in [3.63, 3.8) is 0 Å². The monoisotopic (exact) mass is 371 g/mol. The van der Waals surface area contributed by atoms with Gasteiger partial charge in [0.25, 0.3) is 0 Å². The molecule has 0 aliphatic rings. The van der Waals surface area contributed by atoms with Crippen molar-refractivity contribution in [1.82, 2.24) is 4.72 Å². The predicted molar refractivity (Wildman–Crippen MR) is 88.8 cm³/mol. The number of sulfonamides is 1. The second-order valence-corrected chi connectivity index (χ2v) is 6.89. The first-order chi connectivity index (χ1) is 11.7. The van der Waals surface area contributed by atoms with E-state index in [0.717, 1.165) is 29.7 Å². The van der Waals surface area contributed by atoms with Gasteiger partial charge in [-0.05, 0) is 29.3 Å². The van der Waals surface area contributed by atoms with E-state index in [4.69, 9.17) is 0 Å². The van der Waals surface area contributed by atoms with E-state index in [1.807, 2.05) is 0 Å². The summed E-state index contributed by atoms with van der Waals surface area (Å²) < 4.78 is 63.4. The van der Waals surface area contributed by atoms with Gasteiger partial charge in [0.15, 0.2) is 0 Å². The van der Waals surface area contributed by atoms with Crippen LogP contribution in [-0.2, 0) is 16.2 Å². The van der Waals surface area contributed by atoms with Crippen LogP contribution < -0.4 is 4.72 Å². The highest BCUT2D eigenvalue weighted by Crippen LogP contribution is 2.29. The van der Waals surface area contributed by atoms with Crippen LogP contribution >= 0.6 is 0 Å². The largest absolute Gasteiger partial charge is 0.416 e. The van der Waals surface area contributed by atoms with Gasteiger partial charge in [0.05, 0.1) is 11.7 Å². The topological polar surface area (TPSA) is 66.4 Å². The van der Waals surface area contributed by atoms with Crippen LogP contribution in [0, 0.1) is 0 Å². The lowest BCUT2D eigenvalue weighted by Crippen LogP contribution is -2.26. The van der Waals surface area contributed by atoms with Crippen LogP contribution in [0.5, 0.6) is 0 Å². The van der Waals surface area contributed by atoms with E-state index in [-0.39, 0.29) is 12.1 Å². The number of nitrogens with one attached hydrogen (secondary N) is 1. The molecule has 0 radical (unpaired) electrons. The van der Waals surface area contributed by atoms with Crippen molar-refractivity contribution in [1.29, 1.82) is 0 Å². The Labute approximate surface area is 143 Å². The molecule has 0 amide bonds. The van der Waals surface area contributed by atoms with E-state index >= 15 is 0 Å². The molecule has 1 atom stereocenters. The average molecular weight is 371 g/mol. The zero-order valence-electron chi connectivity index (χ0n) is 12.9. The highest BCUT2D eigenvalue weighted by Gasteiger charge is 2.30. The molecule has 0 saturated carbocycles. The minimum Gasteiger partial charge on any atom is -0.387 e. The normalized spacial score (nSPS) is 13.9. The van der Waals surface area contributed by atoms with E-state index in [0.29, 0.717) is 5.56 Å². The number of hydrogen-bond acceptors (Lipinski definition) is 3. The molecule has 0 bridgehead atoms. The molecular formula is C17H16F3NO3S. The summed E-state index contributed by atoms with van der Waals surface area (Å²) in [5.41, 5.74) is 0.0359. The van der Waals surface area contributed by atoms with Crippen molar-refractivity contribution in [3.05, 3.63) is 76.7 Å². The maximum Gasteiger partial charge on any atom is 0.416 e. The minimum absolute atomic E-state index is 0.183. The summed E-state index contributed by atoms with van der Waals surface area (Å²) in [4.78, 5) is 0. The summed E-state index contributed by atoms with van der Waals surface area (Å²) in [6.45, 7) is -0.354. The summed E-state index contributed by atoms with van der Waals surface area (Å²) in [6.07, 6.45) is -4.33. The van der Waals surface area contributed by atoms with Crippen LogP contribution in [0.2, 0.25) is 0 Å². The first-order valence-electron chi connectivity index (χ1n) is 7.25. The van der Waals surface area contributed by atoms with Crippen LogP contribution in [0.4, 0.5) is 13.2 Å². The fourth-order valence-corrected chi connectivity index (χ4v) is 2.81. The molecule has 0 spiro atoms. The molecule has 2 aromatic rings. The Morgan fingerprint density at radius 1 is 1.04 bits per heavy atom. The molecule has 2 rings (SSSR count). The van der Waals surface area contributed by atoms with Crippen molar-refractivity contribution in [2.45, 2.75) is 12.3 Å². The number of benzene rings is 2. The molecule has 0 aliphatic heterocycles. The second kappa shape index (κ2) is 7.81. The van der Waals surface area contributed by atoms with Gasteiger partial charge in [-0.15, -0.1) is 0 Å². The van der Waals surface area contributed by atoms with E-state index in [2.05, 4.69) is 4.72 Å². The lowest BCUT2D eigenvalue weighted by Gasteiger charge is -2.13. The molecule has 0 fully saturated rings. The Kier molecular flexibility index (Phi) is 5.99. The maximum atomic E-state index is 12.5. The fraction of sp³-hybridized carbons (Fsp3) is 0.176. The van der Waals surface area contributed by atoms with Crippen LogP contribution in [0.1, 0.15) is 22.8 Å². The number of aliphatic hydroxyl groups is 1. The SMILES string of the molecule is O=S(=O)(/C=C/c1ccccc1)NCC(O)c1ccc(C(F)(F)F)cc1. The summed E-state index contributed by atoms with van der Waals surface area (Å²) >= 11 is 0. The first kappa shape index (κ1) is 19.2. The van der Waals surface area contributed by atoms with Gasteiger partial charge in [-0.25, -0.2) is 13.1 Å². The molecule has 0 aromatic heterocycles. The molecule has 0 heterocycles. The molecule has 0 aliphatic carbocycles. The quantitative estimate of drug-likeness (QED) is 0.819. The number of alkyl halides is 3. The molecule has 4 nitrogen and oxygen atoms in total. The number of hydrogen-bond donors (Lipinski definition) is 2. The minimum atomic E-state index is -4.46. The predicted octanol–water partition coefficient (Wildman–Crippen LogP) is 3.33. The van der Waals surface area contributed by atoms with Crippen LogP contribution in [-0.4, -0.2) is 20.1 Å². The van der Waals surface area contributed by atoms with Gasteiger partial charge in [-0.3, -0.25) is 0 Å². The molecule has 2 aromatic carbocycles. The number of halogens is 3. The Balaban J connectivity index is 1.96. The third-order valence-corrected chi connectivity index (χ3v) is 4.40. The van der Waals surface area contributed by atoms with Crippen molar-refractivity contribution >= 4 is 16.1 Å². The van der Waals surface area contributed by atoms with Gasteiger partial charge in [0, 0.05) is 12.0 Å². The number of aliphatic hydroxyl groups excluding tert-OH is 1. The zero-order chi connectivity index (χ0) is 18.5. The van der Waals surface area contributed by atoms with Gasteiger partial charge >= 0.3 is 6.18 Å². The van der Waals surface area contributed by atoms with Gasteiger partial charge < -0.3 is 5.11 Å². The van der Waals surface area contributed by atoms with Crippen molar-refractivity contribution in [2.24, 2.45) is 0 Å². The van der Waals surface area contributed by atoms with Crippen LogP contribution in [0.3, 0.4) is 0 Å². The third-order valence-electron chi connectivity index (χ3n) is 3.34. The second-order valence-electron chi connectivity index (χ2n) is 5.24. The lowest BCUT2D eigenvalue weighted by atomic mass is 10.1. The first-order valence-corrected chi connectivity index (χ1v) is 8.80. The third kappa shape index (κ3) is 6.00. The summed E-state index contributed by atoms with van der Waals surface area (Å²) in [5.74, 6) is 0. The summed E-state index contributed by atoms with van der Waals surface area (Å²) in [5, 5.41) is 10.9. The van der Waals surface area contributed by atoms with E-state index in [9.17, 15) is 26.7 Å². The number of rotatable bonds is 6. The van der Waals surface area contributed by atoms with E-state index in [1.165, 1.54) is 6.08 Å². The highest BCUT2D eigenvalue weighted by atomic mass is 32.2. The van der Waals surface area contributed by atoms with Gasteiger partial charge in [0.2, 0.25) is 10.0 Å². The fourth-order valence-electron chi connectivity index (χ4n) is 1.99. The van der Waals surface area contributed by atoms with Crippen LogP contribution in [0.25, 0.3) is 6.08 Å². The average Bonchev–Trinajstić information content (AvgIpc) is 2.58. The van der Waals surface area contributed by atoms with Gasteiger partial charge in [-0.2, -0.15) is 13.2 Å². The molecular weight excluding hydrogens is 355 g/mol. The Morgan fingerprint density at radius 3 is 2.20 bits per heavy atom. The van der Waals surface area contributed by atoms with Gasteiger partial charge in [-0.1, -0.05) is 42.5 Å². The zero-order valence-corrected chi connectivity index (χ0v) is 13.8. The van der Waals surface area contributed by atoms with E-state index in [1.54, 1.807) is 30.3 Å². The maximum absolute atomic E-state index is 12.5. The van der Waals surface area contributed by atoms with Crippen molar-refractivity contribution in [2.75, 3.05) is 6.54 Å². The molecule has 0 saturated heterocycles. The Bertz CT molecular complexity index is 816. The molecule has 8 heteroatoms. The van der Waals surface area contributed by atoms with Gasteiger partial charge in [0.1, 0.15) is 0 Å². The summed E-state index contributed by atoms with van der Waals surface area (Å²) in [6, 6.07) is 12.7. The molecule has 2 N–H and O–H groups in total. The van der Waals surface area contributed by atoms with Crippen molar-refractivity contribution in [3.8, 4) is 0 Å². The Hall–Kier alpha value is -2.16. The molecule has 25 heavy (non-hydrogen) atoms. The lowest BCUT2D eigenvalue weighted by molar-refractivity contribution is -0.137. The van der Waals surface area contributed by atoms with Crippen molar-refractivity contribution < 1.29 is 26.7 Å². The molecule has 1 unspecified atom stereocenters. The Morgan fingerprint density at radius 2 is 1.64 bits per heavy atom. The smallest absolute Gasteiger partial charge is 0.387 e. The standard InChI is InChI=1S/C17H16F3NO3S/c18-17(19,20)15-8-6-14(7-9-15)16(22)12-21-25(23,24)11-10-13-4-2-1-3-5-13/h1-11,16,21-22H,12H2/b11-10+. The highest BCUT2D eigenvalue weighted by molar-refractivity contribution is 7.92. The van der Waals surface area contributed by atoms with Crippen LogP contribution in [0.15, 0.2) is 60.0 Å².